The average Bonchev–Trinajstić information content (AvgIpc) is 2.93. The van der Waals surface area contributed by atoms with E-state index in [1.54, 1.807) is 0 Å². The van der Waals surface area contributed by atoms with E-state index in [1.165, 1.54) is 0 Å². The molecule has 51 heavy (non-hydrogen) atoms. The van der Waals surface area contributed by atoms with Crippen LogP contribution < -0.4 is 28.4 Å². The summed E-state index contributed by atoms with van der Waals surface area (Å²) in [6.45, 7) is 24.3. The largest absolute Gasteiger partial charge is 0.741 e. The van der Waals surface area contributed by atoms with Crippen molar-refractivity contribution in [3.8, 4) is 34.5 Å². The maximum atomic E-state index is 10.7. The Kier molecular flexibility index (Phi) is 16.1. The minimum atomic E-state index is -6.09. The monoisotopic (exact) mass is 760 g/mol. The van der Waals surface area contributed by atoms with E-state index in [2.05, 4.69) is 24.3 Å². The van der Waals surface area contributed by atoms with Crippen molar-refractivity contribution in [3.63, 3.8) is 0 Å². The van der Waals surface area contributed by atoms with E-state index in [0.717, 1.165) is 14.7 Å². The number of hydrogen-bond acceptors (Lipinski definition) is 9. The lowest BCUT2D eigenvalue weighted by Gasteiger charge is -2.24. The fraction of sp³-hybridized carbons (Fsp3) is 0.514. The molecule has 0 saturated carbocycles. The van der Waals surface area contributed by atoms with E-state index >= 15 is 0 Å². The highest BCUT2D eigenvalue weighted by Gasteiger charge is 2.43. The Morgan fingerprint density at radius 3 is 1.00 bits per heavy atom. The molecule has 0 heterocycles. The van der Waals surface area contributed by atoms with Crippen molar-refractivity contribution in [3.05, 3.63) is 54.6 Å². The molecular formula is C37H51F3O9S2. The molecule has 0 N–H and O–H groups in total. The molecule has 3 rings (SSSR count). The number of halogens is 3. The number of benzene rings is 3. The molecule has 0 atom stereocenters. The molecule has 0 aliphatic carbocycles. The van der Waals surface area contributed by atoms with E-state index in [4.69, 9.17) is 41.4 Å². The molecule has 3 aromatic carbocycles. The third-order valence-electron chi connectivity index (χ3n) is 5.85. The predicted octanol–water partition coefficient (Wildman–Crippen LogP) is 9.56. The van der Waals surface area contributed by atoms with Crippen LogP contribution in [0.3, 0.4) is 0 Å². The second-order valence-corrected chi connectivity index (χ2v) is 16.3. The van der Waals surface area contributed by atoms with E-state index < -0.39 is 26.5 Å². The summed E-state index contributed by atoms with van der Waals surface area (Å²) < 4.78 is 97.6. The van der Waals surface area contributed by atoms with Crippen LogP contribution >= 0.6 is 0 Å². The second kappa shape index (κ2) is 18.8. The highest BCUT2D eigenvalue weighted by Crippen LogP contribution is 2.52. The van der Waals surface area contributed by atoms with Crippen molar-refractivity contribution < 1.29 is 54.6 Å². The van der Waals surface area contributed by atoms with Gasteiger partial charge in [-0.25, -0.2) is 8.42 Å². The van der Waals surface area contributed by atoms with Gasteiger partial charge in [0.05, 0.1) is 36.6 Å². The van der Waals surface area contributed by atoms with Gasteiger partial charge in [0.1, 0.15) is 22.4 Å². The molecule has 0 fully saturated rings. The first-order valence-corrected chi connectivity index (χ1v) is 19.3. The average molecular weight is 761 g/mol. The van der Waals surface area contributed by atoms with Gasteiger partial charge < -0.3 is 33.0 Å². The third-order valence-corrected chi connectivity index (χ3v) is 8.79. The van der Waals surface area contributed by atoms with Crippen molar-refractivity contribution in [2.45, 2.75) is 140 Å². The van der Waals surface area contributed by atoms with E-state index in [-0.39, 0.29) is 36.6 Å². The lowest BCUT2D eigenvalue weighted by atomic mass is 10.2. The summed E-state index contributed by atoms with van der Waals surface area (Å²) in [4.78, 5) is 2.89. The molecule has 0 bridgehead atoms. The van der Waals surface area contributed by atoms with E-state index in [0.29, 0.717) is 34.5 Å². The minimum Gasteiger partial charge on any atom is -0.741 e. The Bertz CT molecular complexity index is 1500. The number of rotatable bonds is 15. The lowest BCUT2D eigenvalue weighted by Crippen LogP contribution is -2.21. The zero-order valence-corrected chi connectivity index (χ0v) is 32.9. The molecule has 0 aromatic heterocycles. The Hall–Kier alpha value is -3.49. The molecule has 9 nitrogen and oxygen atoms in total. The first-order chi connectivity index (χ1) is 23.5. The maximum absolute atomic E-state index is 10.7. The van der Waals surface area contributed by atoms with E-state index in [1.807, 2.05) is 113 Å². The summed E-state index contributed by atoms with van der Waals surface area (Å²) in [5.74, 6) is 4.18. The zero-order valence-electron chi connectivity index (χ0n) is 31.3. The summed E-state index contributed by atoms with van der Waals surface area (Å²) in [7, 11) is -6.87. The molecule has 0 aliphatic rings. The Morgan fingerprint density at radius 1 is 0.529 bits per heavy atom. The molecule has 0 aliphatic heterocycles. The van der Waals surface area contributed by atoms with Crippen LogP contribution in [0.15, 0.2) is 69.3 Å². The highest BCUT2D eigenvalue weighted by atomic mass is 32.2. The van der Waals surface area contributed by atoms with Crippen LogP contribution in [0.5, 0.6) is 34.5 Å². The van der Waals surface area contributed by atoms with Crippen molar-refractivity contribution in [1.29, 1.82) is 0 Å². The summed E-state index contributed by atoms with van der Waals surface area (Å²) in [5.41, 5.74) is -5.65. The topological polar surface area (TPSA) is 113 Å². The summed E-state index contributed by atoms with van der Waals surface area (Å²) in [6.07, 6.45) is -0.353. The van der Waals surface area contributed by atoms with Gasteiger partial charge >= 0.3 is 5.51 Å². The number of hydrogen-bond donors (Lipinski definition) is 0. The van der Waals surface area contributed by atoms with Gasteiger partial charge in [-0.05, 0) is 95.2 Å². The fourth-order valence-electron chi connectivity index (χ4n) is 4.45. The van der Waals surface area contributed by atoms with Crippen LogP contribution in [-0.2, 0) is 21.0 Å². The Morgan fingerprint density at radius 2 is 0.784 bits per heavy atom. The van der Waals surface area contributed by atoms with Crippen LogP contribution in [0.1, 0.15) is 83.1 Å². The normalized spacial score (nSPS) is 12.1. The summed E-state index contributed by atoms with van der Waals surface area (Å²) in [6, 6.07) is 18.3. The molecule has 0 saturated heterocycles. The van der Waals surface area contributed by atoms with Gasteiger partial charge in [-0.15, -0.1) is 0 Å². The van der Waals surface area contributed by atoms with Gasteiger partial charge in [0.2, 0.25) is 0 Å². The third kappa shape index (κ3) is 13.9. The molecule has 3 aromatic rings. The molecule has 286 valence electrons. The molecule has 0 spiro atoms. The van der Waals surface area contributed by atoms with Crippen molar-refractivity contribution >= 4 is 21.0 Å². The standard InChI is InChI=1S/C36H51O6S.CHF3O3S/c1-22(2)37-28-18-31(39-24(5)6)35(32(19-28)40-25(7)8)43(30-16-14-13-15-17-30)36-33(41-26(9)10)20-29(38-23(3)4)21-34(36)42-27(11)12;2-1(3,4)8(5,6)7/h13-27H,1-12H3;(H,5,6,7)/q+1;/p-1. The maximum Gasteiger partial charge on any atom is 0.485 e. The van der Waals surface area contributed by atoms with Crippen LogP contribution in [0.2, 0.25) is 0 Å². The fourth-order valence-corrected chi connectivity index (χ4v) is 6.79. The first kappa shape index (κ1) is 43.7. The van der Waals surface area contributed by atoms with Gasteiger partial charge in [0, 0.05) is 24.3 Å². The number of alkyl halides is 3. The van der Waals surface area contributed by atoms with Gasteiger partial charge in [-0.3, -0.25) is 0 Å². The second-order valence-electron chi connectivity index (χ2n) is 13.0. The molecule has 0 radical (unpaired) electrons. The Labute approximate surface area is 303 Å². The molecule has 0 amide bonds. The minimum absolute atomic E-state index is 0.0115. The van der Waals surface area contributed by atoms with E-state index in [9.17, 15) is 13.2 Å². The highest BCUT2D eigenvalue weighted by molar-refractivity contribution is 7.97. The quantitative estimate of drug-likeness (QED) is 0.0849. The van der Waals surface area contributed by atoms with Crippen LogP contribution in [-0.4, -0.2) is 55.1 Å². The van der Waals surface area contributed by atoms with Crippen LogP contribution in [0.4, 0.5) is 13.2 Å². The molecular weight excluding hydrogens is 710 g/mol. The van der Waals surface area contributed by atoms with Crippen molar-refractivity contribution in [2.75, 3.05) is 0 Å². The predicted molar refractivity (Wildman–Crippen MR) is 192 cm³/mol. The lowest BCUT2D eigenvalue weighted by molar-refractivity contribution is -0.0517. The first-order valence-electron chi connectivity index (χ1n) is 16.7. The van der Waals surface area contributed by atoms with Gasteiger partial charge in [0.25, 0.3) is 9.79 Å². The van der Waals surface area contributed by atoms with Crippen LogP contribution in [0.25, 0.3) is 0 Å². The Balaban J connectivity index is 0.00000100. The van der Waals surface area contributed by atoms with Gasteiger partial charge in [0.15, 0.2) is 38.0 Å². The smallest absolute Gasteiger partial charge is 0.485 e. The molecule has 14 heteroatoms. The van der Waals surface area contributed by atoms with Gasteiger partial charge in [-0.1, -0.05) is 18.2 Å². The van der Waals surface area contributed by atoms with Crippen LogP contribution in [0, 0.1) is 0 Å². The SMILES string of the molecule is CC(C)Oc1cc(OC(C)C)c([S+](c2ccccc2)c2c(OC(C)C)cc(OC(C)C)cc2OC(C)C)c(OC(C)C)c1.O=S(=O)([O-])C(F)(F)F. The summed E-state index contributed by atoms with van der Waals surface area (Å²) >= 11 is 0. The molecule has 0 unspecified atom stereocenters. The van der Waals surface area contributed by atoms with Crippen molar-refractivity contribution in [1.82, 2.24) is 0 Å². The summed E-state index contributed by atoms with van der Waals surface area (Å²) in [5, 5.41) is 0. The number of ether oxygens (including phenoxy) is 6. The zero-order chi connectivity index (χ0) is 38.8. The van der Waals surface area contributed by atoms with Gasteiger partial charge in [-0.2, -0.15) is 13.2 Å². The van der Waals surface area contributed by atoms with Crippen molar-refractivity contribution in [2.24, 2.45) is 0 Å².